The molecule has 4 rings (SSSR count). The molecule has 1 aromatic rings. The molecule has 3 aliphatic rings. The van der Waals surface area contributed by atoms with E-state index >= 15 is 0 Å². The third-order valence-electron chi connectivity index (χ3n) is 6.10. The second-order valence-electron chi connectivity index (χ2n) is 7.84. The maximum Gasteiger partial charge on any atom is 0.282 e. The summed E-state index contributed by atoms with van der Waals surface area (Å²) in [5.74, 6) is -3.97. The van der Waals surface area contributed by atoms with Crippen molar-refractivity contribution >= 4 is 11.8 Å². The zero-order valence-corrected chi connectivity index (χ0v) is 14.4. The van der Waals surface area contributed by atoms with E-state index < -0.39 is 24.8 Å². The summed E-state index contributed by atoms with van der Waals surface area (Å²) in [5, 5.41) is 0. The number of alkyl halides is 2. The van der Waals surface area contributed by atoms with Crippen LogP contribution in [-0.4, -0.2) is 53.7 Å². The van der Waals surface area contributed by atoms with Gasteiger partial charge in [0.25, 0.3) is 11.8 Å². The van der Waals surface area contributed by atoms with E-state index in [0.717, 1.165) is 12.8 Å². The van der Waals surface area contributed by atoms with Gasteiger partial charge in [-0.25, -0.2) is 13.2 Å². The molecule has 4 nitrogen and oxygen atoms in total. The van der Waals surface area contributed by atoms with E-state index in [1.54, 1.807) is 11.0 Å². The molecule has 0 radical (unpaired) electrons. The van der Waals surface area contributed by atoms with E-state index in [-0.39, 0.29) is 23.1 Å². The van der Waals surface area contributed by atoms with Gasteiger partial charge in [-0.15, -0.1) is 0 Å². The molecule has 1 spiro atoms. The van der Waals surface area contributed by atoms with Crippen LogP contribution in [0.5, 0.6) is 0 Å². The highest BCUT2D eigenvalue weighted by Gasteiger charge is 2.55. The lowest BCUT2D eigenvalue weighted by atomic mass is 9.76. The molecule has 3 fully saturated rings. The lowest BCUT2D eigenvalue weighted by Crippen LogP contribution is -2.60. The Morgan fingerprint density at radius 1 is 1.08 bits per heavy atom. The summed E-state index contributed by atoms with van der Waals surface area (Å²) >= 11 is 0. The smallest absolute Gasteiger partial charge is 0.282 e. The number of carbonyl (C=O) groups excluding carboxylic acids is 2. The van der Waals surface area contributed by atoms with Crippen LogP contribution in [0, 0.1) is 17.2 Å². The fourth-order valence-corrected chi connectivity index (χ4v) is 4.77. The van der Waals surface area contributed by atoms with Crippen LogP contribution in [0.25, 0.3) is 0 Å². The molecule has 2 amide bonds. The molecular weight excluding hydrogens is 345 g/mol. The molecule has 7 heteroatoms. The topological polar surface area (TPSA) is 40.6 Å². The van der Waals surface area contributed by atoms with Gasteiger partial charge < -0.3 is 9.80 Å². The number of benzene rings is 1. The largest absolute Gasteiger partial charge is 0.338 e. The summed E-state index contributed by atoms with van der Waals surface area (Å²) in [6, 6.07) is 5.58. The Morgan fingerprint density at radius 2 is 1.85 bits per heavy atom. The normalized spacial score (nSPS) is 29.9. The molecule has 0 aromatic heterocycles. The van der Waals surface area contributed by atoms with E-state index in [1.807, 2.05) is 0 Å². The van der Waals surface area contributed by atoms with Crippen molar-refractivity contribution in [2.24, 2.45) is 11.3 Å². The molecule has 1 aromatic carbocycles. The van der Waals surface area contributed by atoms with Crippen LogP contribution in [0.15, 0.2) is 24.3 Å². The number of amides is 2. The second-order valence-corrected chi connectivity index (χ2v) is 7.84. The number of carbonyl (C=O) groups is 2. The van der Waals surface area contributed by atoms with E-state index in [2.05, 4.69) is 0 Å². The first-order valence-electron chi connectivity index (χ1n) is 9.01. The van der Waals surface area contributed by atoms with Crippen LogP contribution in [0.2, 0.25) is 0 Å². The van der Waals surface area contributed by atoms with Crippen molar-refractivity contribution in [3.05, 3.63) is 35.6 Å². The Morgan fingerprint density at radius 3 is 2.54 bits per heavy atom. The van der Waals surface area contributed by atoms with Gasteiger partial charge in [-0.1, -0.05) is 12.5 Å². The lowest BCUT2D eigenvalue weighted by molar-refractivity contribution is -0.172. The average Bonchev–Trinajstić information content (AvgIpc) is 3.19. The molecular formula is C19H21F3N2O2. The zero-order chi connectivity index (χ0) is 18.5. The summed E-state index contributed by atoms with van der Waals surface area (Å²) < 4.78 is 39.6. The minimum Gasteiger partial charge on any atom is -0.338 e. The molecule has 140 valence electrons. The molecule has 2 saturated heterocycles. The third kappa shape index (κ3) is 2.87. The molecule has 2 heterocycles. The number of halogens is 3. The Balaban J connectivity index is 1.47. The van der Waals surface area contributed by atoms with Crippen LogP contribution in [0.3, 0.4) is 0 Å². The molecule has 2 atom stereocenters. The number of hydrogen-bond acceptors (Lipinski definition) is 2. The van der Waals surface area contributed by atoms with E-state index in [0.29, 0.717) is 31.5 Å². The number of hydrogen-bond donors (Lipinski definition) is 0. The van der Waals surface area contributed by atoms with Crippen molar-refractivity contribution < 1.29 is 22.8 Å². The monoisotopic (exact) mass is 366 g/mol. The van der Waals surface area contributed by atoms with Crippen molar-refractivity contribution in [3.63, 3.8) is 0 Å². The molecule has 0 unspecified atom stereocenters. The van der Waals surface area contributed by atoms with Gasteiger partial charge >= 0.3 is 0 Å². The highest BCUT2D eigenvalue weighted by molar-refractivity contribution is 5.94. The molecule has 0 bridgehead atoms. The Hall–Kier alpha value is -2.05. The first-order chi connectivity index (χ1) is 12.3. The summed E-state index contributed by atoms with van der Waals surface area (Å²) in [4.78, 5) is 28.3. The fraction of sp³-hybridized carbons (Fsp3) is 0.579. The molecule has 1 saturated carbocycles. The van der Waals surface area contributed by atoms with Crippen LogP contribution >= 0.6 is 0 Å². The van der Waals surface area contributed by atoms with Crippen molar-refractivity contribution in [3.8, 4) is 0 Å². The van der Waals surface area contributed by atoms with Gasteiger partial charge in [0.2, 0.25) is 5.91 Å². The Labute approximate surface area is 149 Å². The van der Waals surface area contributed by atoms with Gasteiger partial charge in [-0.05, 0) is 37.5 Å². The van der Waals surface area contributed by atoms with Gasteiger partial charge in [0.1, 0.15) is 5.82 Å². The van der Waals surface area contributed by atoms with Crippen molar-refractivity contribution in [1.29, 1.82) is 0 Å². The summed E-state index contributed by atoms with van der Waals surface area (Å²) in [5.41, 5.74) is -0.0318. The van der Waals surface area contributed by atoms with Crippen LogP contribution in [0.4, 0.5) is 13.2 Å². The maximum absolute atomic E-state index is 13.4. The Bertz CT molecular complexity index is 746. The van der Waals surface area contributed by atoms with Crippen molar-refractivity contribution in [2.75, 3.05) is 26.2 Å². The fourth-order valence-electron chi connectivity index (χ4n) is 4.77. The zero-order valence-electron chi connectivity index (χ0n) is 14.4. The SMILES string of the molecule is O=C(c1cccc(F)c1)N1CC[C@@]2(CCC[C@@H]2C(=O)N2CC(F)(F)C2)C1. The third-order valence-corrected chi connectivity index (χ3v) is 6.10. The number of rotatable bonds is 2. The molecule has 1 aliphatic carbocycles. The van der Waals surface area contributed by atoms with Gasteiger partial charge in [-0.3, -0.25) is 9.59 Å². The lowest BCUT2D eigenvalue weighted by Gasteiger charge is -2.42. The highest BCUT2D eigenvalue weighted by Crippen LogP contribution is 2.51. The highest BCUT2D eigenvalue weighted by atomic mass is 19.3. The average molecular weight is 366 g/mol. The van der Waals surface area contributed by atoms with Crippen LogP contribution in [-0.2, 0) is 4.79 Å². The molecule has 26 heavy (non-hydrogen) atoms. The number of likely N-dealkylation sites (tertiary alicyclic amines) is 2. The summed E-state index contributed by atoms with van der Waals surface area (Å²) in [7, 11) is 0. The van der Waals surface area contributed by atoms with Crippen molar-refractivity contribution in [2.45, 2.75) is 31.6 Å². The van der Waals surface area contributed by atoms with Gasteiger partial charge in [0, 0.05) is 30.0 Å². The minimum absolute atomic E-state index is 0.200. The van der Waals surface area contributed by atoms with E-state index in [9.17, 15) is 22.8 Å². The predicted octanol–water partition coefficient (Wildman–Crippen LogP) is 2.94. The quantitative estimate of drug-likeness (QED) is 0.808. The standard InChI is InChI=1S/C19H21F3N2O2/c20-14-4-1-3-13(9-14)16(25)23-8-7-18(10-23)6-2-5-15(18)17(26)24-11-19(21,22)12-24/h1,3-4,9,15H,2,5-8,10-12H2/t15-,18+/m1/s1. The van der Waals surface area contributed by atoms with Gasteiger partial charge in [-0.2, -0.15) is 0 Å². The molecule has 2 aliphatic heterocycles. The summed E-state index contributed by atoms with van der Waals surface area (Å²) in [6.07, 6.45) is 3.06. The van der Waals surface area contributed by atoms with Gasteiger partial charge in [0.05, 0.1) is 13.1 Å². The molecule has 0 N–H and O–H groups in total. The van der Waals surface area contributed by atoms with Gasteiger partial charge in [0.15, 0.2) is 0 Å². The maximum atomic E-state index is 13.4. The van der Waals surface area contributed by atoms with Crippen LogP contribution in [0.1, 0.15) is 36.0 Å². The van der Waals surface area contributed by atoms with Crippen LogP contribution < -0.4 is 0 Å². The van der Waals surface area contributed by atoms with E-state index in [1.165, 1.54) is 23.1 Å². The van der Waals surface area contributed by atoms with E-state index in [4.69, 9.17) is 0 Å². The minimum atomic E-state index is -2.77. The Kier molecular flexibility index (Phi) is 4.00. The number of nitrogens with zero attached hydrogens (tertiary/aromatic N) is 2. The predicted molar refractivity (Wildman–Crippen MR) is 88.2 cm³/mol. The first kappa shape index (κ1) is 17.4. The summed E-state index contributed by atoms with van der Waals surface area (Å²) in [6.45, 7) is -0.0486. The van der Waals surface area contributed by atoms with Crippen molar-refractivity contribution in [1.82, 2.24) is 9.80 Å². The first-order valence-corrected chi connectivity index (χ1v) is 9.01. The second kappa shape index (κ2) is 5.99.